The Morgan fingerprint density at radius 2 is 1.52 bits per heavy atom. The van der Waals surface area contributed by atoms with Gasteiger partial charge in [0.15, 0.2) is 0 Å². The fraction of sp³-hybridized carbons (Fsp3) is 0.368. The summed E-state index contributed by atoms with van der Waals surface area (Å²) in [4.78, 5) is 0. The first-order chi connectivity index (χ1) is 10.3. The summed E-state index contributed by atoms with van der Waals surface area (Å²) in [5, 5.41) is 4.19. The summed E-state index contributed by atoms with van der Waals surface area (Å²) in [6.45, 7) is 5.44. The Hall–Kier alpha value is -1.25. The van der Waals surface area contributed by atoms with Crippen LogP contribution in [0.4, 0.5) is 0 Å². The van der Waals surface area contributed by atoms with Crippen molar-refractivity contribution < 1.29 is 0 Å². The molecule has 2 rings (SSSR count). The average Bonchev–Trinajstić information content (AvgIpc) is 2.54. The van der Waals surface area contributed by atoms with Gasteiger partial charge < -0.3 is 5.32 Å². The maximum absolute atomic E-state index is 3.69. The van der Waals surface area contributed by atoms with Crippen molar-refractivity contribution in [3.63, 3.8) is 0 Å². The standard InChI is InChI=1S/C19H25NS/c1-3-20-18(15-16-11-7-5-8-12-16)19(21-4-2)17-13-9-6-10-14-17/h5-14,18-20H,3-4,15H2,1-2H3. The van der Waals surface area contributed by atoms with Gasteiger partial charge in [-0.3, -0.25) is 0 Å². The molecule has 0 aliphatic rings. The van der Waals surface area contributed by atoms with Crippen LogP contribution >= 0.6 is 11.8 Å². The smallest absolute Gasteiger partial charge is 0.0453 e. The van der Waals surface area contributed by atoms with E-state index in [1.165, 1.54) is 11.1 Å². The molecule has 0 spiro atoms. The Morgan fingerprint density at radius 1 is 0.905 bits per heavy atom. The SMILES string of the molecule is CCNC(Cc1ccccc1)C(SCC)c1ccccc1. The number of thioether (sulfide) groups is 1. The van der Waals surface area contributed by atoms with Crippen molar-refractivity contribution in [2.45, 2.75) is 31.6 Å². The topological polar surface area (TPSA) is 12.0 Å². The van der Waals surface area contributed by atoms with Gasteiger partial charge in [-0.05, 0) is 29.8 Å². The molecule has 0 fully saturated rings. The zero-order chi connectivity index (χ0) is 14.9. The Balaban J connectivity index is 2.20. The summed E-state index contributed by atoms with van der Waals surface area (Å²) >= 11 is 2.03. The van der Waals surface area contributed by atoms with Crippen molar-refractivity contribution in [2.24, 2.45) is 0 Å². The molecule has 2 heteroatoms. The molecular weight excluding hydrogens is 274 g/mol. The molecule has 2 aromatic rings. The maximum atomic E-state index is 3.69. The van der Waals surface area contributed by atoms with Crippen molar-refractivity contribution in [3.05, 3.63) is 71.8 Å². The van der Waals surface area contributed by atoms with E-state index in [0.29, 0.717) is 11.3 Å². The van der Waals surface area contributed by atoms with Crippen LogP contribution in [0.15, 0.2) is 60.7 Å². The maximum Gasteiger partial charge on any atom is 0.0453 e. The predicted octanol–water partition coefficient (Wildman–Crippen LogP) is 4.70. The molecule has 0 saturated carbocycles. The van der Waals surface area contributed by atoms with Crippen molar-refractivity contribution in [2.75, 3.05) is 12.3 Å². The predicted molar refractivity (Wildman–Crippen MR) is 94.9 cm³/mol. The molecule has 0 bridgehead atoms. The van der Waals surface area contributed by atoms with E-state index in [-0.39, 0.29) is 0 Å². The molecule has 1 N–H and O–H groups in total. The van der Waals surface area contributed by atoms with Gasteiger partial charge in [0, 0.05) is 11.3 Å². The van der Waals surface area contributed by atoms with Crippen molar-refractivity contribution >= 4 is 11.8 Å². The molecule has 0 radical (unpaired) electrons. The van der Waals surface area contributed by atoms with Gasteiger partial charge in [-0.25, -0.2) is 0 Å². The second kappa shape index (κ2) is 8.91. The number of nitrogens with one attached hydrogen (secondary N) is 1. The van der Waals surface area contributed by atoms with E-state index in [1.807, 2.05) is 11.8 Å². The minimum Gasteiger partial charge on any atom is -0.312 e. The van der Waals surface area contributed by atoms with Crippen LogP contribution in [0.3, 0.4) is 0 Å². The van der Waals surface area contributed by atoms with Crippen LogP contribution in [0.2, 0.25) is 0 Å². The average molecular weight is 299 g/mol. The molecule has 2 aromatic carbocycles. The summed E-state index contributed by atoms with van der Waals surface area (Å²) < 4.78 is 0. The zero-order valence-electron chi connectivity index (χ0n) is 13.0. The van der Waals surface area contributed by atoms with Crippen LogP contribution in [-0.4, -0.2) is 18.3 Å². The largest absolute Gasteiger partial charge is 0.312 e. The van der Waals surface area contributed by atoms with Crippen LogP contribution in [0.25, 0.3) is 0 Å². The normalized spacial score (nSPS) is 13.8. The molecular formula is C19H25NS. The lowest BCUT2D eigenvalue weighted by atomic mass is 9.98. The van der Waals surface area contributed by atoms with Crippen molar-refractivity contribution in [3.8, 4) is 0 Å². The number of likely N-dealkylation sites (N-methyl/N-ethyl adjacent to an activating group) is 1. The van der Waals surface area contributed by atoms with Gasteiger partial charge in [0.25, 0.3) is 0 Å². The highest BCUT2D eigenvalue weighted by atomic mass is 32.2. The molecule has 0 aromatic heterocycles. The van der Waals surface area contributed by atoms with E-state index in [4.69, 9.17) is 0 Å². The van der Waals surface area contributed by atoms with Crippen LogP contribution in [-0.2, 0) is 6.42 Å². The second-order valence-electron chi connectivity index (χ2n) is 5.14. The lowest BCUT2D eigenvalue weighted by molar-refractivity contribution is 0.513. The number of hydrogen-bond donors (Lipinski definition) is 1. The van der Waals surface area contributed by atoms with Crippen LogP contribution in [0.5, 0.6) is 0 Å². The summed E-state index contributed by atoms with van der Waals surface area (Å²) in [5.74, 6) is 1.14. The Morgan fingerprint density at radius 3 is 2.10 bits per heavy atom. The molecule has 0 saturated heterocycles. The molecule has 112 valence electrons. The van der Waals surface area contributed by atoms with Crippen molar-refractivity contribution in [1.82, 2.24) is 5.32 Å². The third-order valence-electron chi connectivity index (χ3n) is 3.60. The third kappa shape index (κ3) is 4.90. The number of benzene rings is 2. The summed E-state index contributed by atoms with van der Waals surface area (Å²) in [5.41, 5.74) is 2.83. The minimum atomic E-state index is 0.463. The highest BCUT2D eigenvalue weighted by Crippen LogP contribution is 2.33. The second-order valence-corrected chi connectivity index (χ2v) is 6.56. The molecule has 0 aliphatic carbocycles. The highest BCUT2D eigenvalue weighted by molar-refractivity contribution is 7.99. The molecule has 21 heavy (non-hydrogen) atoms. The van der Waals surface area contributed by atoms with E-state index in [9.17, 15) is 0 Å². The van der Waals surface area contributed by atoms with Gasteiger partial charge in [0.05, 0.1) is 0 Å². The summed E-state index contributed by atoms with van der Waals surface area (Å²) in [7, 11) is 0. The van der Waals surface area contributed by atoms with Crippen LogP contribution in [0.1, 0.15) is 30.2 Å². The first-order valence-electron chi connectivity index (χ1n) is 7.79. The number of rotatable bonds is 8. The fourth-order valence-corrected chi connectivity index (χ4v) is 3.82. The Bertz CT molecular complexity index is 497. The van der Waals surface area contributed by atoms with Crippen LogP contribution < -0.4 is 5.32 Å². The van der Waals surface area contributed by atoms with E-state index >= 15 is 0 Å². The first kappa shape index (κ1) is 16.1. The van der Waals surface area contributed by atoms with E-state index in [1.54, 1.807) is 0 Å². The molecule has 2 atom stereocenters. The van der Waals surface area contributed by atoms with E-state index in [0.717, 1.165) is 18.7 Å². The molecule has 2 unspecified atom stereocenters. The quantitative estimate of drug-likeness (QED) is 0.758. The lowest BCUT2D eigenvalue weighted by Gasteiger charge is -2.28. The Labute approximate surface area is 133 Å². The van der Waals surface area contributed by atoms with Crippen molar-refractivity contribution in [1.29, 1.82) is 0 Å². The van der Waals surface area contributed by atoms with Gasteiger partial charge in [-0.1, -0.05) is 74.5 Å². The van der Waals surface area contributed by atoms with Gasteiger partial charge in [-0.2, -0.15) is 11.8 Å². The Kier molecular flexibility index (Phi) is 6.84. The number of hydrogen-bond acceptors (Lipinski definition) is 2. The molecule has 0 heterocycles. The third-order valence-corrected chi connectivity index (χ3v) is 4.90. The summed E-state index contributed by atoms with van der Waals surface area (Å²) in [6.07, 6.45) is 1.07. The van der Waals surface area contributed by atoms with E-state index in [2.05, 4.69) is 79.8 Å². The van der Waals surface area contributed by atoms with Gasteiger partial charge in [-0.15, -0.1) is 0 Å². The summed E-state index contributed by atoms with van der Waals surface area (Å²) in [6, 6.07) is 22.1. The van der Waals surface area contributed by atoms with Gasteiger partial charge >= 0.3 is 0 Å². The van der Waals surface area contributed by atoms with Gasteiger partial charge in [0.1, 0.15) is 0 Å². The first-order valence-corrected chi connectivity index (χ1v) is 8.83. The molecule has 0 amide bonds. The van der Waals surface area contributed by atoms with E-state index < -0.39 is 0 Å². The zero-order valence-corrected chi connectivity index (χ0v) is 13.8. The fourth-order valence-electron chi connectivity index (χ4n) is 2.68. The lowest BCUT2D eigenvalue weighted by Crippen LogP contribution is -2.35. The minimum absolute atomic E-state index is 0.463. The van der Waals surface area contributed by atoms with Crippen LogP contribution in [0, 0.1) is 0 Å². The monoisotopic (exact) mass is 299 g/mol. The highest BCUT2D eigenvalue weighted by Gasteiger charge is 2.22. The molecule has 1 nitrogen and oxygen atoms in total. The molecule has 0 aliphatic heterocycles. The van der Waals surface area contributed by atoms with Gasteiger partial charge in [0.2, 0.25) is 0 Å².